The fourth-order valence-electron chi connectivity index (χ4n) is 3.63. The number of fused-ring (bicyclic) bond motifs is 1. The van der Waals surface area contributed by atoms with Gasteiger partial charge in [0.1, 0.15) is 0 Å². The van der Waals surface area contributed by atoms with Crippen molar-refractivity contribution in [3.05, 3.63) is 48.2 Å². The van der Waals surface area contributed by atoms with Crippen molar-refractivity contribution in [2.24, 2.45) is 0 Å². The first-order chi connectivity index (χ1) is 14.0. The highest BCUT2D eigenvalue weighted by atomic mass is 16.6. The third kappa shape index (κ3) is 4.04. The molecule has 0 aliphatic carbocycles. The number of hydrogen-bond acceptors (Lipinski definition) is 5. The van der Waals surface area contributed by atoms with Gasteiger partial charge < -0.3 is 14.2 Å². The van der Waals surface area contributed by atoms with Crippen molar-refractivity contribution in [1.82, 2.24) is 14.5 Å². The van der Waals surface area contributed by atoms with E-state index in [2.05, 4.69) is 26.6 Å². The number of ether oxygens (including phenoxy) is 1. The lowest BCUT2D eigenvalue weighted by Crippen LogP contribution is -2.29. The number of pyridine rings is 1. The summed E-state index contributed by atoms with van der Waals surface area (Å²) in [7, 11) is 1.70. The standard InChI is InChI=1S/C22H27N5O2/c1-16(2)29-22(28)25(3)18-13-19-20(23-14-18)24-21(26-11-7-8-12-26)27(19)15-17-9-5-4-6-10-17/h4-6,9-10,13-14,16H,7-8,11-12,15H2,1-3H3. The molecule has 1 aromatic carbocycles. The molecule has 1 saturated heterocycles. The summed E-state index contributed by atoms with van der Waals surface area (Å²) in [5.41, 5.74) is 3.49. The molecular weight excluding hydrogens is 366 g/mol. The molecule has 3 aromatic rings. The van der Waals surface area contributed by atoms with Crippen LogP contribution in [-0.2, 0) is 11.3 Å². The van der Waals surface area contributed by atoms with Crippen molar-refractivity contribution < 1.29 is 9.53 Å². The van der Waals surface area contributed by atoms with Crippen LogP contribution in [-0.4, -0.2) is 46.9 Å². The normalized spacial score (nSPS) is 14.0. The molecule has 0 N–H and O–H groups in total. The SMILES string of the molecule is CC(C)OC(=O)N(C)c1cnc2nc(N3CCCC3)n(Cc3ccccc3)c2c1. The Balaban J connectivity index is 1.75. The Hall–Kier alpha value is -3.09. The van der Waals surface area contributed by atoms with Gasteiger partial charge in [0.25, 0.3) is 0 Å². The van der Waals surface area contributed by atoms with Crippen LogP contribution in [0.4, 0.5) is 16.4 Å². The van der Waals surface area contributed by atoms with Gasteiger partial charge in [0.05, 0.1) is 30.0 Å². The second kappa shape index (κ2) is 8.11. The number of hydrogen-bond donors (Lipinski definition) is 0. The van der Waals surface area contributed by atoms with E-state index in [1.807, 2.05) is 38.1 Å². The molecular formula is C22H27N5O2. The second-order valence-corrected chi connectivity index (χ2v) is 7.71. The first-order valence-electron chi connectivity index (χ1n) is 10.1. The van der Waals surface area contributed by atoms with E-state index in [4.69, 9.17) is 9.72 Å². The van der Waals surface area contributed by atoms with Gasteiger partial charge in [-0.05, 0) is 38.3 Å². The van der Waals surface area contributed by atoms with Crippen LogP contribution in [0.25, 0.3) is 11.2 Å². The topological polar surface area (TPSA) is 63.5 Å². The van der Waals surface area contributed by atoms with E-state index in [-0.39, 0.29) is 6.10 Å². The molecule has 0 radical (unpaired) electrons. The Kier molecular flexibility index (Phi) is 5.38. The Morgan fingerprint density at radius 2 is 1.93 bits per heavy atom. The quantitative estimate of drug-likeness (QED) is 0.654. The maximum atomic E-state index is 12.3. The summed E-state index contributed by atoms with van der Waals surface area (Å²) in [4.78, 5) is 25.5. The molecule has 0 bridgehead atoms. The monoisotopic (exact) mass is 393 g/mol. The fourth-order valence-corrected chi connectivity index (χ4v) is 3.63. The zero-order chi connectivity index (χ0) is 20.4. The molecule has 1 fully saturated rings. The molecule has 0 atom stereocenters. The van der Waals surface area contributed by atoms with Gasteiger partial charge in [-0.2, -0.15) is 4.98 Å². The summed E-state index contributed by atoms with van der Waals surface area (Å²) in [6, 6.07) is 12.3. The maximum absolute atomic E-state index is 12.3. The number of benzene rings is 1. The van der Waals surface area contributed by atoms with Gasteiger partial charge in [-0.25, -0.2) is 9.78 Å². The molecule has 3 heterocycles. The lowest BCUT2D eigenvalue weighted by Gasteiger charge is -2.20. The van der Waals surface area contributed by atoms with Crippen LogP contribution < -0.4 is 9.80 Å². The van der Waals surface area contributed by atoms with E-state index in [1.54, 1.807) is 13.2 Å². The number of amides is 1. The molecule has 2 aromatic heterocycles. The number of carbonyl (C=O) groups is 1. The highest BCUT2D eigenvalue weighted by Gasteiger charge is 2.22. The molecule has 1 aliphatic rings. The Morgan fingerprint density at radius 3 is 2.62 bits per heavy atom. The van der Waals surface area contributed by atoms with E-state index in [9.17, 15) is 4.79 Å². The second-order valence-electron chi connectivity index (χ2n) is 7.71. The van der Waals surface area contributed by atoms with Gasteiger partial charge in [0.15, 0.2) is 5.65 Å². The Bertz CT molecular complexity index is 993. The van der Waals surface area contributed by atoms with Crippen molar-refractivity contribution in [3.8, 4) is 0 Å². The first-order valence-corrected chi connectivity index (χ1v) is 10.1. The molecule has 0 unspecified atom stereocenters. The van der Waals surface area contributed by atoms with Crippen LogP contribution in [0.5, 0.6) is 0 Å². The number of nitrogens with zero attached hydrogens (tertiary/aromatic N) is 5. The van der Waals surface area contributed by atoms with Crippen LogP contribution in [0, 0.1) is 0 Å². The van der Waals surface area contributed by atoms with Crippen molar-refractivity contribution in [2.75, 3.05) is 29.9 Å². The molecule has 29 heavy (non-hydrogen) atoms. The number of rotatable bonds is 5. The molecule has 0 saturated carbocycles. The van der Waals surface area contributed by atoms with Crippen molar-refractivity contribution in [3.63, 3.8) is 0 Å². The van der Waals surface area contributed by atoms with Crippen molar-refractivity contribution >= 4 is 28.9 Å². The lowest BCUT2D eigenvalue weighted by molar-refractivity contribution is 0.124. The third-order valence-electron chi connectivity index (χ3n) is 5.14. The smallest absolute Gasteiger partial charge is 0.414 e. The third-order valence-corrected chi connectivity index (χ3v) is 5.14. The Morgan fingerprint density at radius 1 is 1.21 bits per heavy atom. The fraction of sp³-hybridized carbons (Fsp3) is 0.409. The highest BCUT2D eigenvalue weighted by Crippen LogP contribution is 2.28. The summed E-state index contributed by atoms with van der Waals surface area (Å²) < 4.78 is 7.52. The molecule has 0 spiro atoms. The zero-order valence-electron chi connectivity index (χ0n) is 17.2. The van der Waals surface area contributed by atoms with Gasteiger partial charge in [-0.1, -0.05) is 30.3 Å². The average Bonchev–Trinajstić information content (AvgIpc) is 3.35. The number of imidazole rings is 1. The van der Waals surface area contributed by atoms with Crippen LogP contribution in [0.3, 0.4) is 0 Å². The molecule has 1 amide bonds. The molecule has 1 aliphatic heterocycles. The predicted octanol–water partition coefficient (Wildman–Crippen LogP) is 4.06. The summed E-state index contributed by atoms with van der Waals surface area (Å²) in [5, 5.41) is 0. The minimum atomic E-state index is -0.393. The van der Waals surface area contributed by atoms with E-state index < -0.39 is 6.09 Å². The van der Waals surface area contributed by atoms with Crippen LogP contribution >= 0.6 is 0 Å². The minimum absolute atomic E-state index is 0.174. The van der Waals surface area contributed by atoms with Gasteiger partial charge in [-0.15, -0.1) is 0 Å². The van der Waals surface area contributed by atoms with Gasteiger partial charge in [0.2, 0.25) is 5.95 Å². The largest absolute Gasteiger partial charge is 0.446 e. The van der Waals surface area contributed by atoms with E-state index >= 15 is 0 Å². The summed E-state index contributed by atoms with van der Waals surface area (Å²) in [6.07, 6.45) is 3.47. The van der Waals surface area contributed by atoms with E-state index in [0.717, 1.165) is 24.6 Å². The van der Waals surface area contributed by atoms with Gasteiger partial charge in [0, 0.05) is 20.1 Å². The van der Waals surface area contributed by atoms with E-state index in [1.165, 1.54) is 23.3 Å². The molecule has 4 rings (SSSR count). The summed E-state index contributed by atoms with van der Waals surface area (Å²) in [6.45, 7) is 6.39. The minimum Gasteiger partial charge on any atom is -0.446 e. The van der Waals surface area contributed by atoms with E-state index in [0.29, 0.717) is 17.9 Å². The summed E-state index contributed by atoms with van der Waals surface area (Å²) in [5.74, 6) is 0.943. The molecule has 7 heteroatoms. The number of aromatic nitrogens is 3. The molecule has 152 valence electrons. The Labute approximate surface area is 170 Å². The zero-order valence-corrected chi connectivity index (χ0v) is 17.2. The summed E-state index contributed by atoms with van der Waals surface area (Å²) >= 11 is 0. The molecule has 7 nitrogen and oxygen atoms in total. The highest BCUT2D eigenvalue weighted by molar-refractivity contribution is 5.89. The number of anilines is 2. The van der Waals surface area contributed by atoms with Crippen LogP contribution in [0.15, 0.2) is 42.6 Å². The lowest BCUT2D eigenvalue weighted by atomic mass is 10.2. The van der Waals surface area contributed by atoms with Crippen molar-refractivity contribution in [1.29, 1.82) is 0 Å². The van der Waals surface area contributed by atoms with Gasteiger partial charge in [-0.3, -0.25) is 4.90 Å². The number of carbonyl (C=O) groups excluding carboxylic acids is 1. The van der Waals surface area contributed by atoms with Crippen LogP contribution in [0.1, 0.15) is 32.3 Å². The predicted molar refractivity (Wildman–Crippen MR) is 115 cm³/mol. The van der Waals surface area contributed by atoms with Crippen LogP contribution in [0.2, 0.25) is 0 Å². The maximum Gasteiger partial charge on any atom is 0.414 e. The average molecular weight is 393 g/mol. The first kappa shape index (κ1) is 19.2. The van der Waals surface area contributed by atoms with Crippen molar-refractivity contribution in [2.45, 2.75) is 39.3 Å². The van der Waals surface area contributed by atoms with Gasteiger partial charge >= 0.3 is 6.09 Å².